The molecule has 1 saturated heterocycles. The maximum absolute atomic E-state index is 11.6. The number of hydrogen-bond donors (Lipinski definition) is 1. The molecule has 0 aromatic heterocycles. The molecule has 0 saturated carbocycles. The van der Waals surface area contributed by atoms with Crippen molar-refractivity contribution in [3.63, 3.8) is 0 Å². The Morgan fingerprint density at radius 1 is 1.04 bits per heavy atom. The highest BCUT2D eigenvalue weighted by atomic mass is 32.2. The number of benzene rings is 2. The highest BCUT2D eigenvalue weighted by Gasteiger charge is 2.42. The van der Waals surface area contributed by atoms with E-state index in [1.54, 1.807) is 16.7 Å². The molecule has 0 spiro atoms. The lowest BCUT2D eigenvalue weighted by Crippen LogP contribution is -2.46. The van der Waals surface area contributed by atoms with E-state index >= 15 is 0 Å². The van der Waals surface area contributed by atoms with Crippen molar-refractivity contribution in [2.45, 2.75) is 35.2 Å². The fraction of sp³-hybridized carbons (Fsp3) is 0.300. The van der Waals surface area contributed by atoms with Crippen LogP contribution in [-0.2, 0) is 15.1 Å². The van der Waals surface area contributed by atoms with Gasteiger partial charge in [0.15, 0.2) is 0 Å². The third kappa shape index (κ3) is 4.02. The third-order valence-electron chi connectivity index (χ3n) is 4.65. The predicted octanol–water partition coefficient (Wildman–Crippen LogP) is 4.37. The van der Waals surface area contributed by atoms with Crippen molar-refractivity contribution in [3.8, 4) is 0 Å². The second-order valence-electron chi connectivity index (χ2n) is 6.28. The normalized spacial score (nSPS) is 16.1. The van der Waals surface area contributed by atoms with Crippen LogP contribution >= 0.6 is 11.8 Å². The van der Waals surface area contributed by atoms with E-state index in [1.165, 1.54) is 6.92 Å². The van der Waals surface area contributed by atoms with Gasteiger partial charge in [0.05, 0.1) is 0 Å². The van der Waals surface area contributed by atoms with Crippen LogP contribution in [0.1, 0.15) is 25.3 Å². The molecular weight excluding hydrogens is 350 g/mol. The molecule has 3 rings (SSSR count). The zero-order valence-electron chi connectivity index (χ0n) is 14.6. The summed E-state index contributed by atoms with van der Waals surface area (Å²) in [6, 6.07) is 17.7. The average Bonchev–Trinajstić information content (AvgIpc) is 2.63. The van der Waals surface area contributed by atoms with Crippen molar-refractivity contribution >= 4 is 23.8 Å². The number of ether oxygens (including phenoxy) is 1. The Morgan fingerprint density at radius 3 is 2.27 bits per heavy atom. The molecule has 6 heteroatoms. The second kappa shape index (κ2) is 7.83. The first-order valence-corrected chi connectivity index (χ1v) is 9.32. The number of carboxylic acid groups (broad SMARTS) is 1. The average molecular weight is 371 g/mol. The summed E-state index contributed by atoms with van der Waals surface area (Å²) in [5, 5.41) is 9.34. The molecular formula is C20H21NO4S. The monoisotopic (exact) mass is 371 g/mol. The van der Waals surface area contributed by atoms with Gasteiger partial charge < -0.3 is 14.7 Å². The minimum absolute atomic E-state index is 0.000806. The molecule has 26 heavy (non-hydrogen) atoms. The molecule has 1 aliphatic rings. The molecule has 0 bridgehead atoms. The number of likely N-dealkylation sites (tertiary alicyclic amines) is 1. The van der Waals surface area contributed by atoms with E-state index in [0.717, 1.165) is 15.4 Å². The number of piperidine rings is 1. The summed E-state index contributed by atoms with van der Waals surface area (Å²) in [5.41, 5.74) is -0.0738. The summed E-state index contributed by atoms with van der Waals surface area (Å²) in [6.45, 7) is 2.49. The summed E-state index contributed by atoms with van der Waals surface area (Å²) < 4.78 is 5.44. The largest absolute Gasteiger partial charge is 0.506 e. The summed E-state index contributed by atoms with van der Waals surface area (Å²) in [4.78, 5) is 26.8. The number of carbonyl (C=O) groups is 2. The molecule has 1 N–H and O–H groups in total. The van der Waals surface area contributed by atoms with E-state index in [2.05, 4.69) is 0 Å². The van der Waals surface area contributed by atoms with E-state index in [0.29, 0.717) is 25.9 Å². The molecule has 1 aliphatic heterocycles. The van der Waals surface area contributed by atoms with Crippen molar-refractivity contribution in [3.05, 3.63) is 60.2 Å². The Labute approximate surface area is 157 Å². The van der Waals surface area contributed by atoms with Gasteiger partial charge in [0.25, 0.3) is 0 Å². The lowest BCUT2D eigenvalue weighted by molar-refractivity contribution is -0.134. The molecule has 1 fully saturated rings. The molecule has 2 aromatic rings. The molecule has 1 amide bonds. The first-order valence-electron chi connectivity index (χ1n) is 8.50. The smallest absolute Gasteiger partial charge is 0.450 e. The van der Waals surface area contributed by atoms with Crippen LogP contribution in [0.4, 0.5) is 4.79 Å². The van der Waals surface area contributed by atoms with E-state index in [9.17, 15) is 14.7 Å². The lowest BCUT2D eigenvalue weighted by Gasteiger charge is -2.41. The van der Waals surface area contributed by atoms with Crippen LogP contribution in [0.25, 0.3) is 0 Å². The van der Waals surface area contributed by atoms with Gasteiger partial charge in [0.2, 0.25) is 5.91 Å². The van der Waals surface area contributed by atoms with E-state index in [1.807, 2.05) is 54.6 Å². The first kappa shape index (κ1) is 18.3. The number of rotatable bonds is 4. The Hall–Kier alpha value is -2.47. The summed E-state index contributed by atoms with van der Waals surface area (Å²) >= 11 is 1.59. The van der Waals surface area contributed by atoms with Crippen LogP contribution in [0.5, 0.6) is 0 Å². The van der Waals surface area contributed by atoms with Crippen molar-refractivity contribution < 1.29 is 19.4 Å². The molecule has 1 heterocycles. The van der Waals surface area contributed by atoms with Crippen LogP contribution in [-0.4, -0.2) is 35.2 Å². The lowest BCUT2D eigenvalue weighted by atomic mass is 9.84. The maximum Gasteiger partial charge on any atom is 0.506 e. The van der Waals surface area contributed by atoms with Gasteiger partial charge >= 0.3 is 6.16 Å². The number of nitrogens with zero attached hydrogens (tertiary/aromatic N) is 1. The summed E-state index contributed by atoms with van der Waals surface area (Å²) in [5.74, 6) is 0.000806. The molecule has 0 unspecified atom stereocenters. The Bertz CT molecular complexity index is 785. The van der Waals surface area contributed by atoms with Crippen molar-refractivity contribution in [1.82, 2.24) is 4.90 Å². The molecule has 5 nitrogen and oxygen atoms in total. The predicted molar refractivity (Wildman–Crippen MR) is 99.3 cm³/mol. The maximum atomic E-state index is 11.6. The topological polar surface area (TPSA) is 66.8 Å². The standard InChI is InChI=1S/C20H21NO4S/c1-15(22)21-13-11-20(12-14-21,25-19(23)24)17-9-5-6-10-18(17)26-16-7-3-2-4-8-16/h2-10H,11-14H2,1H3,(H,23,24). The van der Waals surface area contributed by atoms with Crippen LogP contribution < -0.4 is 0 Å². The van der Waals surface area contributed by atoms with Gasteiger partial charge in [-0.1, -0.05) is 48.2 Å². The van der Waals surface area contributed by atoms with E-state index in [4.69, 9.17) is 4.74 Å². The van der Waals surface area contributed by atoms with Crippen LogP contribution in [0.3, 0.4) is 0 Å². The summed E-state index contributed by atoms with van der Waals surface area (Å²) in [6.07, 6.45) is -0.392. The van der Waals surface area contributed by atoms with E-state index < -0.39 is 11.8 Å². The van der Waals surface area contributed by atoms with Crippen LogP contribution in [0.2, 0.25) is 0 Å². The minimum Gasteiger partial charge on any atom is -0.450 e. The highest BCUT2D eigenvalue weighted by molar-refractivity contribution is 7.99. The zero-order chi connectivity index (χ0) is 18.6. The second-order valence-corrected chi connectivity index (χ2v) is 7.39. The molecule has 136 valence electrons. The first-order chi connectivity index (χ1) is 12.5. The van der Waals surface area contributed by atoms with Gasteiger partial charge in [0, 0.05) is 48.2 Å². The molecule has 0 radical (unpaired) electrons. The van der Waals surface area contributed by atoms with Gasteiger partial charge in [0.1, 0.15) is 5.60 Å². The molecule has 2 aromatic carbocycles. The van der Waals surface area contributed by atoms with Gasteiger partial charge in [-0.2, -0.15) is 0 Å². The molecule has 0 aliphatic carbocycles. The van der Waals surface area contributed by atoms with Gasteiger partial charge in [-0.3, -0.25) is 4.79 Å². The van der Waals surface area contributed by atoms with Crippen molar-refractivity contribution in [1.29, 1.82) is 0 Å². The van der Waals surface area contributed by atoms with Gasteiger partial charge in [-0.25, -0.2) is 4.79 Å². The summed E-state index contributed by atoms with van der Waals surface area (Å²) in [7, 11) is 0. The Kier molecular flexibility index (Phi) is 5.52. The quantitative estimate of drug-likeness (QED) is 0.809. The van der Waals surface area contributed by atoms with E-state index in [-0.39, 0.29) is 5.91 Å². The van der Waals surface area contributed by atoms with Gasteiger partial charge in [-0.15, -0.1) is 0 Å². The number of amides is 1. The number of hydrogen-bond acceptors (Lipinski definition) is 4. The van der Waals surface area contributed by atoms with Crippen molar-refractivity contribution in [2.24, 2.45) is 0 Å². The van der Waals surface area contributed by atoms with Crippen LogP contribution in [0, 0.1) is 0 Å². The van der Waals surface area contributed by atoms with Gasteiger partial charge in [-0.05, 0) is 18.2 Å². The Balaban J connectivity index is 1.95. The SMILES string of the molecule is CC(=O)N1CCC(OC(=O)O)(c2ccccc2Sc2ccccc2)CC1. The Morgan fingerprint density at radius 2 is 1.65 bits per heavy atom. The van der Waals surface area contributed by atoms with Crippen molar-refractivity contribution in [2.75, 3.05) is 13.1 Å². The van der Waals surface area contributed by atoms with Crippen LogP contribution in [0.15, 0.2) is 64.4 Å². The fourth-order valence-electron chi connectivity index (χ4n) is 3.32. The highest BCUT2D eigenvalue weighted by Crippen LogP contribution is 2.43. The fourth-order valence-corrected chi connectivity index (χ4v) is 4.38. The zero-order valence-corrected chi connectivity index (χ0v) is 15.4. The minimum atomic E-state index is -1.29. The molecule has 0 atom stereocenters. The third-order valence-corrected chi connectivity index (χ3v) is 5.73. The number of carbonyl (C=O) groups excluding carboxylic acids is 1.